The van der Waals surface area contributed by atoms with Gasteiger partial charge in [-0.05, 0) is 44.9 Å². The molecular weight excluding hydrogens is 212 g/mol. The van der Waals surface area contributed by atoms with E-state index in [0.29, 0.717) is 6.54 Å². The lowest BCUT2D eigenvalue weighted by atomic mass is 10.0. The molecule has 17 heavy (non-hydrogen) atoms. The van der Waals surface area contributed by atoms with Gasteiger partial charge in [-0.3, -0.25) is 0 Å². The number of aryl methyl sites for hydroxylation is 2. The summed E-state index contributed by atoms with van der Waals surface area (Å²) < 4.78 is 5.43. The molecule has 0 heterocycles. The van der Waals surface area contributed by atoms with Crippen LogP contribution < -0.4 is 15.8 Å². The normalized spacial score (nSPS) is 11.6. The summed E-state index contributed by atoms with van der Waals surface area (Å²) in [5.74, 6) is 0.947. The molecule has 0 spiro atoms. The smallest absolute Gasteiger partial charge is 0.123 e. The number of methoxy groups -OCH3 is 1. The first-order valence-electron chi connectivity index (χ1n) is 5.99. The lowest BCUT2D eigenvalue weighted by molar-refractivity contribution is 0.378. The molecule has 0 radical (unpaired) electrons. The number of nitrogens with one attached hydrogen (secondary N) is 1. The van der Waals surface area contributed by atoms with Crippen molar-refractivity contribution in [3.8, 4) is 5.75 Å². The molecule has 0 saturated carbocycles. The predicted octanol–water partition coefficient (Wildman–Crippen LogP) is 2.14. The first-order chi connectivity index (χ1) is 7.89. The number of rotatable bonds is 5. The highest BCUT2D eigenvalue weighted by Crippen LogP contribution is 2.24. The number of benzene rings is 1. The highest BCUT2D eigenvalue weighted by molar-refractivity contribution is 5.43. The van der Waals surface area contributed by atoms with Crippen LogP contribution in [0.3, 0.4) is 0 Å². The second-order valence-electron chi connectivity index (χ2n) is 5.20. The van der Waals surface area contributed by atoms with Gasteiger partial charge in [-0.25, -0.2) is 0 Å². The number of hydrogen-bond acceptors (Lipinski definition) is 3. The molecule has 96 valence electrons. The van der Waals surface area contributed by atoms with E-state index in [4.69, 9.17) is 10.5 Å². The molecule has 0 bridgehead atoms. The van der Waals surface area contributed by atoms with Crippen molar-refractivity contribution >= 4 is 0 Å². The van der Waals surface area contributed by atoms with Crippen LogP contribution in [0, 0.1) is 13.8 Å². The summed E-state index contributed by atoms with van der Waals surface area (Å²) in [6, 6.07) is 4.24. The predicted molar refractivity (Wildman–Crippen MR) is 72.4 cm³/mol. The van der Waals surface area contributed by atoms with Gasteiger partial charge < -0.3 is 15.8 Å². The molecule has 0 aliphatic carbocycles. The third kappa shape index (κ3) is 3.72. The van der Waals surface area contributed by atoms with Crippen LogP contribution in [-0.4, -0.2) is 19.2 Å². The van der Waals surface area contributed by atoms with Crippen molar-refractivity contribution in [3.05, 3.63) is 28.8 Å². The molecule has 1 aromatic rings. The van der Waals surface area contributed by atoms with E-state index in [1.165, 1.54) is 16.7 Å². The molecule has 3 nitrogen and oxygen atoms in total. The van der Waals surface area contributed by atoms with Crippen LogP contribution in [0.1, 0.15) is 30.5 Å². The number of hydrogen-bond donors (Lipinski definition) is 2. The standard InChI is InChI=1S/C14H24N2O/c1-10-6-11(2)12(13(7-10)17-5)8-16-14(3,4)9-15/h6-7,16H,8-9,15H2,1-5H3. The highest BCUT2D eigenvalue weighted by atomic mass is 16.5. The van der Waals surface area contributed by atoms with Crippen LogP contribution in [-0.2, 0) is 6.54 Å². The van der Waals surface area contributed by atoms with E-state index in [2.05, 4.69) is 45.1 Å². The average molecular weight is 236 g/mol. The van der Waals surface area contributed by atoms with E-state index < -0.39 is 0 Å². The molecule has 3 heteroatoms. The Labute approximate surface area is 104 Å². The van der Waals surface area contributed by atoms with Gasteiger partial charge in [-0.15, -0.1) is 0 Å². The summed E-state index contributed by atoms with van der Waals surface area (Å²) in [6.45, 7) is 9.78. The number of ether oxygens (including phenoxy) is 1. The molecule has 1 aromatic carbocycles. The van der Waals surface area contributed by atoms with Crippen molar-refractivity contribution in [1.82, 2.24) is 5.32 Å². The number of nitrogens with two attached hydrogens (primary N) is 1. The van der Waals surface area contributed by atoms with E-state index in [-0.39, 0.29) is 5.54 Å². The summed E-state index contributed by atoms with van der Waals surface area (Å²) in [4.78, 5) is 0. The van der Waals surface area contributed by atoms with Crippen LogP contribution in [0.2, 0.25) is 0 Å². The van der Waals surface area contributed by atoms with Crippen LogP contribution in [0.5, 0.6) is 5.75 Å². The second-order valence-corrected chi connectivity index (χ2v) is 5.20. The minimum absolute atomic E-state index is 0.0532. The van der Waals surface area contributed by atoms with Gasteiger partial charge in [0.15, 0.2) is 0 Å². The Balaban J connectivity index is 2.90. The minimum atomic E-state index is -0.0532. The molecule has 0 atom stereocenters. The topological polar surface area (TPSA) is 47.3 Å². The van der Waals surface area contributed by atoms with Gasteiger partial charge >= 0.3 is 0 Å². The van der Waals surface area contributed by atoms with E-state index in [9.17, 15) is 0 Å². The maximum Gasteiger partial charge on any atom is 0.123 e. The molecule has 0 aromatic heterocycles. The van der Waals surface area contributed by atoms with E-state index in [1.807, 2.05) is 0 Å². The van der Waals surface area contributed by atoms with Gasteiger partial charge in [0.2, 0.25) is 0 Å². The second kappa shape index (κ2) is 5.52. The first kappa shape index (κ1) is 14.0. The Kier molecular flexibility index (Phi) is 4.54. The maximum atomic E-state index is 5.71. The van der Waals surface area contributed by atoms with Gasteiger partial charge in [-0.2, -0.15) is 0 Å². The fourth-order valence-corrected chi connectivity index (χ4v) is 1.77. The minimum Gasteiger partial charge on any atom is -0.496 e. The van der Waals surface area contributed by atoms with Crippen LogP contribution >= 0.6 is 0 Å². The Hall–Kier alpha value is -1.06. The quantitative estimate of drug-likeness (QED) is 0.823. The van der Waals surface area contributed by atoms with E-state index >= 15 is 0 Å². The van der Waals surface area contributed by atoms with E-state index in [1.54, 1.807) is 7.11 Å². The molecule has 0 amide bonds. The van der Waals surface area contributed by atoms with Gasteiger partial charge in [0.1, 0.15) is 5.75 Å². The Bertz CT molecular complexity index is 386. The van der Waals surface area contributed by atoms with Gasteiger partial charge in [-0.1, -0.05) is 6.07 Å². The van der Waals surface area contributed by atoms with Crippen LogP contribution in [0.4, 0.5) is 0 Å². The summed E-state index contributed by atoms with van der Waals surface area (Å²) in [7, 11) is 1.71. The van der Waals surface area contributed by atoms with Crippen molar-refractivity contribution in [3.63, 3.8) is 0 Å². The van der Waals surface area contributed by atoms with Crippen molar-refractivity contribution in [2.75, 3.05) is 13.7 Å². The van der Waals surface area contributed by atoms with Crippen molar-refractivity contribution in [1.29, 1.82) is 0 Å². The molecule has 0 aliphatic rings. The third-order valence-electron chi connectivity index (χ3n) is 3.05. The Morgan fingerprint density at radius 3 is 2.47 bits per heavy atom. The monoisotopic (exact) mass is 236 g/mol. The lowest BCUT2D eigenvalue weighted by Gasteiger charge is -2.25. The van der Waals surface area contributed by atoms with E-state index in [0.717, 1.165) is 12.3 Å². The van der Waals surface area contributed by atoms with Crippen LogP contribution in [0.25, 0.3) is 0 Å². The molecular formula is C14H24N2O. The molecule has 0 aliphatic heterocycles. The van der Waals surface area contributed by atoms with Crippen molar-refractivity contribution in [2.24, 2.45) is 5.73 Å². The molecule has 0 saturated heterocycles. The SMILES string of the molecule is COc1cc(C)cc(C)c1CNC(C)(C)CN. The molecule has 3 N–H and O–H groups in total. The fraction of sp³-hybridized carbons (Fsp3) is 0.571. The summed E-state index contributed by atoms with van der Waals surface area (Å²) in [6.07, 6.45) is 0. The van der Waals surface area contributed by atoms with Crippen molar-refractivity contribution < 1.29 is 4.74 Å². The lowest BCUT2D eigenvalue weighted by Crippen LogP contribution is -2.45. The first-order valence-corrected chi connectivity index (χ1v) is 5.99. The zero-order valence-electron chi connectivity index (χ0n) is 11.6. The van der Waals surface area contributed by atoms with Crippen LogP contribution in [0.15, 0.2) is 12.1 Å². The molecule has 0 fully saturated rings. The summed E-state index contributed by atoms with van der Waals surface area (Å²) in [5, 5.41) is 3.45. The third-order valence-corrected chi connectivity index (χ3v) is 3.05. The summed E-state index contributed by atoms with van der Waals surface area (Å²) in [5.41, 5.74) is 9.34. The summed E-state index contributed by atoms with van der Waals surface area (Å²) >= 11 is 0. The highest BCUT2D eigenvalue weighted by Gasteiger charge is 2.16. The molecule has 0 unspecified atom stereocenters. The zero-order chi connectivity index (χ0) is 13.1. The van der Waals surface area contributed by atoms with Gasteiger partial charge in [0, 0.05) is 24.2 Å². The van der Waals surface area contributed by atoms with Crippen molar-refractivity contribution in [2.45, 2.75) is 39.8 Å². The average Bonchev–Trinajstić information content (AvgIpc) is 2.26. The fourth-order valence-electron chi connectivity index (χ4n) is 1.77. The van der Waals surface area contributed by atoms with Gasteiger partial charge in [0.25, 0.3) is 0 Å². The molecule has 1 rings (SSSR count). The largest absolute Gasteiger partial charge is 0.496 e. The maximum absolute atomic E-state index is 5.71. The van der Waals surface area contributed by atoms with Gasteiger partial charge in [0.05, 0.1) is 7.11 Å². The Morgan fingerprint density at radius 2 is 1.94 bits per heavy atom. The zero-order valence-corrected chi connectivity index (χ0v) is 11.6. The Morgan fingerprint density at radius 1 is 1.29 bits per heavy atom.